The third-order valence-corrected chi connectivity index (χ3v) is 4.25. The minimum Gasteiger partial charge on any atom is -0.370 e. The maximum Gasteiger partial charge on any atom is 0.248 e. The van der Waals surface area contributed by atoms with Crippen LogP contribution in [0.1, 0.15) is 110 Å². The zero-order chi connectivity index (χ0) is 17.2. The van der Waals surface area contributed by atoms with Crippen LogP contribution in [0.25, 0.3) is 0 Å². The fourth-order valence-corrected chi connectivity index (χ4v) is 2.85. The molecule has 4 N–H and O–H groups in total. The quantitative estimate of drug-likeness (QED) is 0.237. The van der Waals surface area contributed by atoms with Gasteiger partial charge in [0.2, 0.25) is 5.91 Å². The van der Waals surface area contributed by atoms with E-state index in [0.29, 0.717) is 6.42 Å². The Hall–Kier alpha value is -1.06. The summed E-state index contributed by atoms with van der Waals surface area (Å²) in [5.74, 6) is -0.323. The predicted octanol–water partition coefficient (Wildman–Crippen LogP) is 5.05. The summed E-state index contributed by atoms with van der Waals surface area (Å²) in [6.45, 7) is 2.27. The number of aliphatic imine (C=N–C) groups is 1. The molecule has 0 aliphatic heterocycles. The number of nitrogens with zero attached hydrogens (tertiary/aromatic N) is 1. The molecule has 0 aromatic heterocycles. The van der Waals surface area contributed by atoms with Crippen LogP contribution >= 0.6 is 0 Å². The molecule has 0 aliphatic rings. The first-order valence-electron chi connectivity index (χ1n) is 9.79. The first kappa shape index (κ1) is 21.9. The second-order valence-electron chi connectivity index (χ2n) is 6.63. The lowest BCUT2D eigenvalue weighted by Gasteiger charge is -2.03. The van der Waals surface area contributed by atoms with Crippen molar-refractivity contribution >= 4 is 11.9 Å². The maximum absolute atomic E-state index is 11.2. The molecule has 4 nitrogen and oxygen atoms in total. The lowest BCUT2D eigenvalue weighted by Crippen LogP contribution is -2.24. The third kappa shape index (κ3) is 18.9. The van der Waals surface area contributed by atoms with Crippen molar-refractivity contribution < 1.29 is 4.79 Å². The van der Waals surface area contributed by atoms with Crippen molar-refractivity contribution in [2.24, 2.45) is 16.5 Å². The first-order valence-corrected chi connectivity index (χ1v) is 9.79. The summed E-state index contributed by atoms with van der Waals surface area (Å²) in [5, 5.41) is 0. The van der Waals surface area contributed by atoms with Crippen LogP contribution in [0.5, 0.6) is 0 Å². The number of carbonyl (C=O) groups excluding carboxylic acids is 1. The van der Waals surface area contributed by atoms with E-state index < -0.39 is 0 Å². The Labute approximate surface area is 143 Å². The van der Waals surface area contributed by atoms with E-state index in [9.17, 15) is 4.79 Å². The van der Waals surface area contributed by atoms with Crippen molar-refractivity contribution in [2.45, 2.75) is 110 Å². The standard InChI is InChI=1S/C19H39N3O/c1-2-3-4-5-6-7-8-9-10-11-12-13-14-15-16-17-18(23)22-19(20)21/h2-17H2,1H3,(H4,20,21,22,23). The van der Waals surface area contributed by atoms with Gasteiger partial charge in [-0.1, -0.05) is 96.8 Å². The Morgan fingerprint density at radius 2 is 1.00 bits per heavy atom. The number of guanidine groups is 1. The normalized spacial score (nSPS) is 10.7. The van der Waals surface area contributed by atoms with E-state index in [1.165, 1.54) is 83.5 Å². The van der Waals surface area contributed by atoms with Crippen LogP contribution in [0.4, 0.5) is 0 Å². The number of rotatable bonds is 16. The molecule has 0 heterocycles. The molecular weight excluding hydrogens is 286 g/mol. The van der Waals surface area contributed by atoms with Crippen molar-refractivity contribution in [2.75, 3.05) is 0 Å². The molecule has 0 saturated heterocycles. The Kier molecular flexibility index (Phi) is 16.5. The molecule has 0 aliphatic carbocycles. The van der Waals surface area contributed by atoms with E-state index in [2.05, 4.69) is 11.9 Å². The zero-order valence-corrected chi connectivity index (χ0v) is 15.3. The SMILES string of the molecule is CCCCCCCCCCCCCCCCCC(=O)N=C(N)N. The fourth-order valence-electron chi connectivity index (χ4n) is 2.85. The number of hydrogen-bond acceptors (Lipinski definition) is 1. The summed E-state index contributed by atoms with van der Waals surface area (Å²) in [6, 6.07) is 0. The molecule has 0 atom stereocenters. The minimum absolute atomic E-state index is 0.129. The van der Waals surface area contributed by atoms with Gasteiger partial charge in [-0.25, -0.2) is 0 Å². The Morgan fingerprint density at radius 3 is 1.35 bits per heavy atom. The molecule has 0 radical (unpaired) electrons. The predicted molar refractivity (Wildman–Crippen MR) is 100 cm³/mol. The smallest absolute Gasteiger partial charge is 0.248 e. The molecule has 136 valence electrons. The molecule has 23 heavy (non-hydrogen) atoms. The third-order valence-electron chi connectivity index (χ3n) is 4.25. The number of carbonyl (C=O) groups is 1. The van der Waals surface area contributed by atoms with E-state index in [-0.39, 0.29) is 11.9 Å². The molecular formula is C19H39N3O. The lowest BCUT2D eigenvalue weighted by molar-refractivity contribution is -0.117. The van der Waals surface area contributed by atoms with Gasteiger partial charge in [-0.15, -0.1) is 0 Å². The van der Waals surface area contributed by atoms with Crippen molar-refractivity contribution in [1.29, 1.82) is 0 Å². The highest BCUT2D eigenvalue weighted by atomic mass is 16.1. The summed E-state index contributed by atoms with van der Waals surface area (Å²) in [4.78, 5) is 14.8. The highest BCUT2D eigenvalue weighted by Crippen LogP contribution is 2.13. The second kappa shape index (κ2) is 17.3. The molecule has 0 saturated carbocycles. The Balaban J connectivity index is 3.11. The van der Waals surface area contributed by atoms with Gasteiger partial charge >= 0.3 is 0 Å². The van der Waals surface area contributed by atoms with Gasteiger partial charge < -0.3 is 11.5 Å². The van der Waals surface area contributed by atoms with Gasteiger partial charge in [0.15, 0.2) is 5.96 Å². The van der Waals surface area contributed by atoms with Crippen molar-refractivity contribution in [3.8, 4) is 0 Å². The van der Waals surface area contributed by atoms with E-state index in [1.54, 1.807) is 0 Å². The average Bonchev–Trinajstić information content (AvgIpc) is 2.50. The lowest BCUT2D eigenvalue weighted by atomic mass is 10.0. The highest BCUT2D eigenvalue weighted by Gasteiger charge is 1.99. The molecule has 0 unspecified atom stereocenters. The molecule has 0 aromatic carbocycles. The average molecular weight is 326 g/mol. The molecule has 0 spiro atoms. The number of unbranched alkanes of at least 4 members (excludes halogenated alkanes) is 14. The van der Waals surface area contributed by atoms with Crippen molar-refractivity contribution in [3.63, 3.8) is 0 Å². The topological polar surface area (TPSA) is 81.5 Å². The Morgan fingerprint density at radius 1 is 0.652 bits per heavy atom. The van der Waals surface area contributed by atoms with E-state index >= 15 is 0 Å². The summed E-state index contributed by atoms with van der Waals surface area (Å²) in [6.07, 6.45) is 20.3. The summed E-state index contributed by atoms with van der Waals surface area (Å²) in [7, 11) is 0. The van der Waals surface area contributed by atoms with Crippen LogP contribution in [0.3, 0.4) is 0 Å². The number of amides is 1. The van der Waals surface area contributed by atoms with Crippen LogP contribution < -0.4 is 11.5 Å². The zero-order valence-electron chi connectivity index (χ0n) is 15.3. The van der Waals surface area contributed by atoms with Gasteiger partial charge in [0, 0.05) is 6.42 Å². The monoisotopic (exact) mass is 325 g/mol. The fraction of sp³-hybridized carbons (Fsp3) is 0.895. The summed E-state index contributed by atoms with van der Waals surface area (Å²) < 4.78 is 0. The van der Waals surface area contributed by atoms with Gasteiger partial charge in [-0.05, 0) is 6.42 Å². The van der Waals surface area contributed by atoms with Gasteiger partial charge in [-0.3, -0.25) is 4.79 Å². The Bertz CT molecular complexity index is 299. The van der Waals surface area contributed by atoms with E-state index in [0.717, 1.165) is 12.8 Å². The van der Waals surface area contributed by atoms with Crippen LogP contribution in [0.15, 0.2) is 4.99 Å². The molecule has 4 heteroatoms. The van der Waals surface area contributed by atoms with Crippen LogP contribution in [0, 0.1) is 0 Å². The van der Waals surface area contributed by atoms with Gasteiger partial charge in [0.1, 0.15) is 0 Å². The molecule has 0 bridgehead atoms. The largest absolute Gasteiger partial charge is 0.370 e. The van der Waals surface area contributed by atoms with Crippen LogP contribution in [0.2, 0.25) is 0 Å². The minimum atomic E-state index is -0.195. The number of hydrogen-bond donors (Lipinski definition) is 2. The molecule has 0 rings (SSSR count). The van der Waals surface area contributed by atoms with Crippen molar-refractivity contribution in [1.82, 2.24) is 0 Å². The van der Waals surface area contributed by atoms with Crippen molar-refractivity contribution in [3.05, 3.63) is 0 Å². The first-order chi connectivity index (χ1) is 11.2. The summed E-state index contributed by atoms with van der Waals surface area (Å²) >= 11 is 0. The van der Waals surface area contributed by atoms with Gasteiger partial charge in [0.05, 0.1) is 0 Å². The molecule has 0 fully saturated rings. The maximum atomic E-state index is 11.2. The highest BCUT2D eigenvalue weighted by molar-refractivity contribution is 5.91. The van der Waals surface area contributed by atoms with E-state index in [4.69, 9.17) is 11.5 Å². The van der Waals surface area contributed by atoms with Gasteiger partial charge in [-0.2, -0.15) is 4.99 Å². The van der Waals surface area contributed by atoms with Crippen LogP contribution in [-0.4, -0.2) is 11.9 Å². The second-order valence-corrected chi connectivity index (χ2v) is 6.63. The summed E-state index contributed by atoms with van der Waals surface area (Å²) in [5.41, 5.74) is 10.3. The number of nitrogens with two attached hydrogens (primary N) is 2. The van der Waals surface area contributed by atoms with E-state index in [1.807, 2.05) is 0 Å². The van der Waals surface area contributed by atoms with Gasteiger partial charge in [0.25, 0.3) is 0 Å². The molecule has 0 aromatic rings. The molecule has 1 amide bonds. The van der Waals surface area contributed by atoms with Crippen LogP contribution in [-0.2, 0) is 4.79 Å².